The lowest BCUT2D eigenvalue weighted by atomic mass is 10.0. The summed E-state index contributed by atoms with van der Waals surface area (Å²) in [4.78, 5) is 12.1. The van der Waals surface area contributed by atoms with Gasteiger partial charge in [-0.1, -0.05) is 30.7 Å². The maximum absolute atomic E-state index is 12.9. The molecule has 3 heteroatoms. The minimum Gasteiger partial charge on any atom is -0.488 e. The molecule has 0 fully saturated rings. The quantitative estimate of drug-likeness (QED) is 0.720. The van der Waals surface area contributed by atoms with E-state index in [2.05, 4.69) is 0 Å². The molecule has 0 atom stereocenters. The van der Waals surface area contributed by atoms with Crippen LogP contribution in [0.15, 0.2) is 42.5 Å². The molecule has 0 aromatic heterocycles. The zero-order valence-electron chi connectivity index (χ0n) is 12.4. The second-order valence-electron chi connectivity index (χ2n) is 5.09. The lowest BCUT2D eigenvalue weighted by Crippen LogP contribution is -2.04. The Hall–Kier alpha value is -2.16. The average Bonchev–Trinajstić information content (AvgIpc) is 2.48. The molecule has 0 heterocycles. The van der Waals surface area contributed by atoms with Gasteiger partial charge in [-0.3, -0.25) is 4.79 Å². The standard InChI is InChI=1S/C18H19FO2/c1-3-4-17(20)16-11-13(2)5-10-18(16)21-12-14-6-8-15(19)9-7-14/h5-11H,3-4,12H2,1-2H3. The molecule has 0 saturated heterocycles. The van der Waals surface area contributed by atoms with E-state index in [0.717, 1.165) is 17.5 Å². The van der Waals surface area contributed by atoms with Gasteiger partial charge < -0.3 is 4.74 Å². The highest BCUT2D eigenvalue weighted by molar-refractivity contribution is 5.98. The molecule has 0 radical (unpaired) electrons. The van der Waals surface area contributed by atoms with Crippen molar-refractivity contribution in [3.8, 4) is 5.75 Å². The predicted molar refractivity (Wildman–Crippen MR) is 81.1 cm³/mol. The number of hydrogen-bond acceptors (Lipinski definition) is 2. The number of ketones is 1. The fourth-order valence-electron chi connectivity index (χ4n) is 2.09. The van der Waals surface area contributed by atoms with Gasteiger partial charge >= 0.3 is 0 Å². The van der Waals surface area contributed by atoms with Crippen LogP contribution in [-0.2, 0) is 6.61 Å². The van der Waals surface area contributed by atoms with Gasteiger partial charge in [-0.2, -0.15) is 0 Å². The minimum absolute atomic E-state index is 0.0929. The van der Waals surface area contributed by atoms with Crippen molar-refractivity contribution in [2.24, 2.45) is 0 Å². The molecule has 0 N–H and O–H groups in total. The molecule has 0 saturated carbocycles. The third-order valence-corrected chi connectivity index (χ3v) is 3.22. The van der Waals surface area contributed by atoms with Gasteiger partial charge in [0.05, 0.1) is 5.56 Å². The van der Waals surface area contributed by atoms with Crippen molar-refractivity contribution in [1.82, 2.24) is 0 Å². The van der Waals surface area contributed by atoms with Crippen LogP contribution < -0.4 is 4.74 Å². The van der Waals surface area contributed by atoms with Crippen LogP contribution >= 0.6 is 0 Å². The van der Waals surface area contributed by atoms with Crippen molar-refractivity contribution in [2.75, 3.05) is 0 Å². The maximum atomic E-state index is 12.9. The molecule has 110 valence electrons. The summed E-state index contributed by atoms with van der Waals surface area (Å²) in [6.45, 7) is 4.25. The van der Waals surface area contributed by atoms with Crippen molar-refractivity contribution in [3.05, 3.63) is 65.0 Å². The molecule has 0 amide bonds. The van der Waals surface area contributed by atoms with Gasteiger partial charge in [0.1, 0.15) is 18.2 Å². The van der Waals surface area contributed by atoms with Gasteiger partial charge in [-0.05, 0) is 43.2 Å². The van der Waals surface area contributed by atoms with Crippen LogP contribution in [0.2, 0.25) is 0 Å². The number of hydrogen-bond donors (Lipinski definition) is 0. The molecule has 0 aliphatic rings. The van der Waals surface area contributed by atoms with Crippen LogP contribution in [0.3, 0.4) is 0 Å². The lowest BCUT2D eigenvalue weighted by molar-refractivity contribution is 0.0977. The summed E-state index contributed by atoms with van der Waals surface area (Å²) in [5, 5.41) is 0. The first-order valence-corrected chi connectivity index (χ1v) is 7.11. The van der Waals surface area contributed by atoms with E-state index in [-0.39, 0.29) is 11.6 Å². The Morgan fingerprint density at radius 1 is 1.14 bits per heavy atom. The van der Waals surface area contributed by atoms with E-state index in [1.54, 1.807) is 12.1 Å². The molecule has 2 rings (SSSR count). The molecule has 21 heavy (non-hydrogen) atoms. The van der Waals surface area contributed by atoms with E-state index in [1.165, 1.54) is 12.1 Å². The molecule has 2 aromatic carbocycles. The minimum atomic E-state index is -0.270. The first-order chi connectivity index (χ1) is 10.1. The summed E-state index contributed by atoms with van der Waals surface area (Å²) in [6.07, 6.45) is 1.32. The first-order valence-electron chi connectivity index (χ1n) is 7.11. The summed E-state index contributed by atoms with van der Waals surface area (Å²) in [7, 11) is 0. The average molecular weight is 286 g/mol. The second kappa shape index (κ2) is 7.02. The van der Waals surface area contributed by atoms with E-state index in [9.17, 15) is 9.18 Å². The van der Waals surface area contributed by atoms with Gasteiger partial charge in [0.25, 0.3) is 0 Å². The Balaban J connectivity index is 2.15. The van der Waals surface area contributed by atoms with Crippen LogP contribution in [-0.4, -0.2) is 5.78 Å². The van der Waals surface area contributed by atoms with Crippen molar-refractivity contribution < 1.29 is 13.9 Å². The number of aryl methyl sites for hydroxylation is 1. The van der Waals surface area contributed by atoms with Crippen LogP contribution in [0.4, 0.5) is 4.39 Å². The zero-order valence-corrected chi connectivity index (χ0v) is 12.4. The number of carbonyl (C=O) groups excluding carboxylic acids is 1. The number of Topliss-reactive ketones (excluding diaryl/α,β-unsaturated/α-hetero) is 1. The smallest absolute Gasteiger partial charge is 0.166 e. The lowest BCUT2D eigenvalue weighted by Gasteiger charge is -2.11. The number of halogens is 1. The van der Waals surface area contributed by atoms with Crippen LogP contribution in [0, 0.1) is 12.7 Å². The van der Waals surface area contributed by atoms with Crippen molar-refractivity contribution in [3.63, 3.8) is 0 Å². The summed E-state index contributed by atoms with van der Waals surface area (Å²) < 4.78 is 18.6. The molecule has 0 bridgehead atoms. The summed E-state index contributed by atoms with van der Waals surface area (Å²) in [5.41, 5.74) is 2.52. The van der Waals surface area contributed by atoms with Crippen molar-refractivity contribution in [1.29, 1.82) is 0 Å². The fraction of sp³-hybridized carbons (Fsp3) is 0.278. The molecule has 0 spiro atoms. The summed E-state index contributed by atoms with van der Waals surface area (Å²) in [6, 6.07) is 11.8. The number of carbonyl (C=O) groups is 1. The molecular weight excluding hydrogens is 267 g/mol. The molecule has 2 aromatic rings. The third-order valence-electron chi connectivity index (χ3n) is 3.22. The van der Waals surface area contributed by atoms with Crippen molar-refractivity contribution >= 4 is 5.78 Å². The Labute approximate surface area is 124 Å². The van der Waals surface area contributed by atoms with Crippen LogP contribution in [0.5, 0.6) is 5.75 Å². The summed E-state index contributed by atoms with van der Waals surface area (Å²) in [5.74, 6) is 0.409. The Morgan fingerprint density at radius 3 is 2.52 bits per heavy atom. The van der Waals surface area contributed by atoms with Crippen LogP contribution in [0.25, 0.3) is 0 Å². The van der Waals surface area contributed by atoms with E-state index in [4.69, 9.17) is 4.74 Å². The fourth-order valence-corrected chi connectivity index (χ4v) is 2.09. The number of rotatable bonds is 6. The number of ether oxygens (including phenoxy) is 1. The maximum Gasteiger partial charge on any atom is 0.166 e. The molecule has 2 nitrogen and oxygen atoms in total. The zero-order chi connectivity index (χ0) is 15.2. The van der Waals surface area contributed by atoms with Gasteiger partial charge in [0.15, 0.2) is 5.78 Å². The van der Waals surface area contributed by atoms with E-state index >= 15 is 0 Å². The topological polar surface area (TPSA) is 26.3 Å². The number of benzene rings is 2. The Bertz CT molecular complexity index is 618. The van der Waals surface area contributed by atoms with E-state index in [0.29, 0.717) is 24.3 Å². The second-order valence-corrected chi connectivity index (χ2v) is 5.09. The molecular formula is C18H19FO2. The highest BCUT2D eigenvalue weighted by Gasteiger charge is 2.12. The Morgan fingerprint density at radius 2 is 1.86 bits per heavy atom. The SMILES string of the molecule is CCCC(=O)c1cc(C)ccc1OCc1ccc(F)cc1. The normalized spacial score (nSPS) is 10.4. The van der Waals surface area contributed by atoms with Crippen molar-refractivity contribution in [2.45, 2.75) is 33.3 Å². The third kappa shape index (κ3) is 4.15. The van der Waals surface area contributed by atoms with Crippen LogP contribution in [0.1, 0.15) is 41.3 Å². The molecule has 0 aliphatic carbocycles. The van der Waals surface area contributed by atoms with E-state index in [1.807, 2.05) is 32.0 Å². The molecule has 0 unspecified atom stereocenters. The van der Waals surface area contributed by atoms with Gasteiger partial charge in [-0.25, -0.2) is 4.39 Å². The predicted octanol–water partition coefficient (Wildman–Crippen LogP) is 4.70. The van der Waals surface area contributed by atoms with E-state index < -0.39 is 0 Å². The van der Waals surface area contributed by atoms with Gasteiger partial charge in [0.2, 0.25) is 0 Å². The summed E-state index contributed by atoms with van der Waals surface area (Å²) >= 11 is 0. The Kier molecular flexibility index (Phi) is 5.09. The molecule has 0 aliphatic heterocycles. The first kappa shape index (κ1) is 15.2. The van der Waals surface area contributed by atoms with Gasteiger partial charge in [0, 0.05) is 6.42 Å². The highest BCUT2D eigenvalue weighted by atomic mass is 19.1. The largest absolute Gasteiger partial charge is 0.488 e. The monoisotopic (exact) mass is 286 g/mol. The highest BCUT2D eigenvalue weighted by Crippen LogP contribution is 2.23. The van der Waals surface area contributed by atoms with Gasteiger partial charge in [-0.15, -0.1) is 0 Å².